The van der Waals surface area contributed by atoms with Gasteiger partial charge in [-0.25, -0.2) is 0 Å². The van der Waals surface area contributed by atoms with Crippen LogP contribution in [0.1, 0.15) is 26.2 Å². The number of methoxy groups -OCH3 is 1. The minimum absolute atomic E-state index is 0.323. The Kier molecular flexibility index (Phi) is 5.07. The van der Waals surface area contributed by atoms with Crippen molar-refractivity contribution in [2.45, 2.75) is 38.3 Å². The van der Waals surface area contributed by atoms with Gasteiger partial charge in [0.25, 0.3) is 0 Å². The van der Waals surface area contributed by atoms with Crippen LogP contribution >= 0.6 is 11.6 Å². The van der Waals surface area contributed by atoms with Crippen LogP contribution in [-0.4, -0.2) is 43.1 Å². The lowest BCUT2D eigenvalue weighted by molar-refractivity contribution is 0.0515. The van der Waals surface area contributed by atoms with E-state index in [0.29, 0.717) is 12.1 Å². The first-order valence-electron chi connectivity index (χ1n) is 5.10. The molecule has 2 nitrogen and oxygen atoms in total. The Morgan fingerprint density at radius 2 is 2.31 bits per heavy atom. The smallest absolute Gasteiger partial charge is 0.0670 e. The van der Waals surface area contributed by atoms with E-state index in [0.717, 1.165) is 12.4 Å². The Morgan fingerprint density at radius 1 is 1.54 bits per heavy atom. The van der Waals surface area contributed by atoms with Crippen molar-refractivity contribution in [1.82, 2.24) is 4.90 Å². The average molecular weight is 206 g/mol. The Labute approximate surface area is 86.2 Å². The van der Waals surface area contributed by atoms with Crippen LogP contribution < -0.4 is 0 Å². The first kappa shape index (κ1) is 11.3. The number of halogens is 1. The van der Waals surface area contributed by atoms with Crippen molar-refractivity contribution in [3.8, 4) is 0 Å². The van der Waals surface area contributed by atoms with Crippen LogP contribution in [0.3, 0.4) is 0 Å². The minimum Gasteiger partial charge on any atom is -0.380 e. The third-order valence-electron chi connectivity index (χ3n) is 2.82. The predicted molar refractivity (Wildman–Crippen MR) is 56.4 cm³/mol. The topological polar surface area (TPSA) is 12.5 Å². The van der Waals surface area contributed by atoms with Crippen molar-refractivity contribution in [2.75, 3.05) is 26.1 Å². The van der Waals surface area contributed by atoms with Gasteiger partial charge in [0.1, 0.15) is 0 Å². The molecule has 1 aliphatic rings. The number of ether oxygens (including phenoxy) is 1. The lowest BCUT2D eigenvalue weighted by Gasteiger charge is -2.35. The second-order valence-electron chi connectivity index (χ2n) is 3.85. The second kappa shape index (κ2) is 5.84. The zero-order valence-electron chi connectivity index (χ0n) is 8.63. The molecule has 0 saturated carbocycles. The highest BCUT2D eigenvalue weighted by atomic mass is 35.5. The molecule has 0 aromatic rings. The van der Waals surface area contributed by atoms with Crippen molar-refractivity contribution in [3.05, 3.63) is 0 Å². The van der Waals surface area contributed by atoms with Gasteiger partial charge in [0, 0.05) is 25.6 Å². The molecule has 13 heavy (non-hydrogen) atoms. The van der Waals surface area contributed by atoms with E-state index in [1.807, 2.05) is 0 Å². The van der Waals surface area contributed by atoms with Crippen molar-refractivity contribution >= 4 is 11.6 Å². The van der Waals surface area contributed by atoms with E-state index in [9.17, 15) is 0 Å². The minimum atomic E-state index is 0.323. The van der Waals surface area contributed by atoms with Crippen LogP contribution in [0.25, 0.3) is 0 Å². The summed E-state index contributed by atoms with van der Waals surface area (Å²) in [5.41, 5.74) is 0. The van der Waals surface area contributed by atoms with E-state index >= 15 is 0 Å². The molecule has 0 aliphatic carbocycles. The van der Waals surface area contributed by atoms with Crippen molar-refractivity contribution in [3.63, 3.8) is 0 Å². The fraction of sp³-hybridized carbons (Fsp3) is 1.00. The fourth-order valence-corrected chi connectivity index (χ4v) is 2.23. The summed E-state index contributed by atoms with van der Waals surface area (Å²) < 4.78 is 5.26. The summed E-state index contributed by atoms with van der Waals surface area (Å²) in [5, 5.41) is 0. The first-order valence-corrected chi connectivity index (χ1v) is 5.64. The maximum atomic E-state index is 5.92. The average Bonchev–Trinajstić information content (AvgIpc) is 2.18. The third kappa shape index (κ3) is 3.45. The van der Waals surface area contributed by atoms with Gasteiger partial charge in [-0.1, -0.05) is 6.42 Å². The van der Waals surface area contributed by atoms with Gasteiger partial charge in [0.2, 0.25) is 0 Å². The Hall–Kier alpha value is 0.210. The SMILES string of the molecule is COC(C)CN1CCCCC1CCl. The lowest BCUT2D eigenvalue weighted by Crippen LogP contribution is -2.44. The summed E-state index contributed by atoms with van der Waals surface area (Å²) in [6.07, 6.45) is 4.21. The molecular formula is C10H20ClNO. The van der Waals surface area contributed by atoms with Crippen molar-refractivity contribution in [2.24, 2.45) is 0 Å². The molecule has 0 amide bonds. The normalized spacial score (nSPS) is 27.5. The summed E-state index contributed by atoms with van der Waals surface area (Å²) in [6.45, 7) is 4.32. The molecule has 0 radical (unpaired) electrons. The Bertz CT molecular complexity index is 143. The molecule has 1 heterocycles. The highest BCUT2D eigenvalue weighted by molar-refractivity contribution is 6.18. The molecule has 0 aromatic heterocycles. The van der Waals surface area contributed by atoms with Crippen molar-refractivity contribution < 1.29 is 4.74 Å². The third-order valence-corrected chi connectivity index (χ3v) is 3.18. The molecule has 1 fully saturated rings. The largest absolute Gasteiger partial charge is 0.380 e. The van der Waals surface area contributed by atoms with E-state index < -0.39 is 0 Å². The summed E-state index contributed by atoms with van der Waals surface area (Å²) in [6, 6.07) is 0.577. The van der Waals surface area contributed by atoms with Crippen LogP contribution in [0.15, 0.2) is 0 Å². The number of rotatable bonds is 4. The molecule has 2 unspecified atom stereocenters. The zero-order chi connectivity index (χ0) is 9.68. The summed E-state index contributed by atoms with van der Waals surface area (Å²) >= 11 is 5.92. The molecule has 0 spiro atoms. The van der Waals surface area contributed by atoms with Crippen LogP contribution in [0.5, 0.6) is 0 Å². The number of piperidine rings is 1. The first-order chi connectivity index (χ1) is 6.27. The van der Waals surface area contributed by atoms with Gasteiger partial charge in [-0.3, -0.25) is 4.90 Å². The molecule has 0 bridgehead atoms. The molecule has 2 atom stereocenters. The van der Waals surface area contributed by atoms with E-state index in [2.05, 4.69) is 11.8 Å². The monoisotopic (exact) mass is 205 g/mol. The molecule has 1 rings (SSSR count). The summed E-state index contributed by atoms with van der Waals surface area (Å²) in [5.74, 6) is 0.760. The van der Waals surface area contributed by atoms with Gasteiger partial charge in [-0.05, 0) is 26.3 Å². The number of alkyl halides is 1. The number of hydrogen-bond donors (Lipinski definition) is 0. The number of hydrogen-bond acceptors (Lipinski definition) is 2. The van der Waals surface area contributed by atoms with Gasteiger partial charge >= 0.3 is 0 Å². The van der Waals surface area contributed by atoms with Crippen LogP contribution in [0.2, 0.25) is 0 Å². The predicted octanol–water partition coefficient (Wildman–Crippen LogP) is 2.11. The van der Waals surface area contributed by atoms with Crippen LogP contribution in [0.4, 0.5) is 0 Å². The standard InChI is InChI=1S/C10H20ClNO/c1-9(13-2)8-12-6-4-3-5-10(12)7-11/h9-10H,3-8H2,1-2H3. The van der Waals surface area contributed by atoms with E-state index in [1.54, 1.807) is 7.11 Å². The van der Waals surface area contributed by atoms with E-state index in [1.165, 1.54) is 25.8 Å². The number of nitrogens with zero attached hydrogens (tertiary/aromatic N) is 1. The summed E-state index contributed by atoms with van der Waals surface area (Å²) in [7, 11) is 1.77. The molecular weight excluding hydrogens is 186 g/mol. The van der Waals surface area contributed by atoms with Crippen molar-refractivity contribution in [1.29, 1.82) is 0 Å². The molecule has 78 valence electrons. The summed E-state index contributed by atoms with van der Waals surface area (Å²) in [4.78, 5) is 2.46. The van der Waals surface area contributed by atoms with Crippen LogP contribution in [-0.2, 0) is 4.74 Å². The van der Waals surface area contributed by atoms with E-state index in [4.69, 9.17) is 16.3 Å². The maximum absolute atomic E-state index is 5.92. The molecule has 3 heteroatoms. The molecule has 0 N–H and O–H groups in total. The van der Waals surface area contributed by atoms with Gasteiger partial charge in [-0.15, -0.1) is 11.6 Å². The number of likely N-dealkylation sites (tertiary alicyclic amines) is 1. The van der Waals surface area contributed by atoms with Gasteiger partial charge in [0.15, 0.2) is 0 Å². The highest BCUT2D eigenvalue weighted by Crippen LogP contribution is 2.18. The zero-order valence-corrected chi connectivity index (χ0v) is 9.39. The van der Waals surface area contributed by atoms with Gasteiger partial charge in [-0.2, -0.15) is 0 Å². The van der Waals surface area contributed by atoms with E-state index in [-0.39, 0.29) is 0 Å². The van der Waals surface area contributed by atoms with Gasteiger partial charge < -0.3 is 4.74 Å². The Morgan fingerprint density at radius 3 is 2.92 bits per heavy atom. The highest BCUT2D eigenvalue weighted by Gasteiger charge is 2.22. The quantitative estimate of drug-likeness (QED) is 0.652. The second-order valence-corrected chi connectivity index (χ2v) is 4.15. The van der Waals surface area contributed by atoms with Gasteiger partial charge in [0.05, 0.1) is 6.10 Å². The molecule has 1 aliphatic heterocycles. The fourth-order valence-electron chi connectivity index (χ4n) is 1.88. The lowest BCUT2D eigenvalue weighted by atomic mass is 10.0. The maximum Gasteiger partial charge on any atom is 0.0670 e. The molecule has 0 aromatic carbocycles. The molecule has 1 saturated heterocycles. The van der Waals surface area contributed by atoms with Crippen LogP contribution in [0, 0.1) is 0 Å². The Balaban J connectivity index is 2.35.